The van der Waals surface area contributed by atoms with Crippen molar-refractivity contribution in [2.45, 2.75) is 25.5 Å². The number of halogens is 2. The topological polar surface area (TPSA) is 40.5 Å². The van der Waals surface area contributed by atoms with Gasteiger partial charge < -0.3 is 5.11 Å². The first kappa shape index (κ1) is 19.1. The van der Waals surface area contributed by atoms with E-state index >= 15 is 0 Å². The van der Waals surface area contributed by atoms with Crippen LogP contribution in [0.3, 0.4) is 0 Å². The second-order valence-electron chi connectivity index (χ2n) is 6.53. The van der Waals surface area contributed by atoms with Crippen LogP contribution in [-0.4, -0.2) is 35.0 Å². The molecule has 5 heteroatoms. The highest BCUT2D eigenvalue weighted by atomic mass is 35.5. The van der Waals surface area contributed by atoms with Gasteiger partial charge in [0.1, 0.15) is 0 Å². The van der Waals surface area contributed by atoms with Crippen LogP contribution < -0.4 is 0 Å². The number of nitrogens with zero attached hydrogens (tertiary/aromatic N) is 1. The van der Waals surface area contributed by atoms with Crippen molar-refractivity contribution in [3.05, 3.63) is 75.3 Å². The lowest BCUT2D eigenvalue weighted by Gasteiger charge is -2.29. The summed E-state index contributed by atoms with van der Waals surface area (Å²) < 4.78 is 0. The van der Waals surface area contributed by atoms with Crippen molar-refractivity contribution in [3.63, 3.8) is 0 Å². The zero-order valence-electron chi connectivity index (χ0n) is 14.4. The van der Waals surface area contributed by atoms with Crippen LogP contribution in [0.5, 0.6) is 0 Å². The summed E-state index contributed by atoms with van der Waals surface area (Å²) in [6, 6.07) is 12.9. The number of carbonyl (C=O) groups is 1. The molecule has 0 spiro atoms. The van der Waals surface area contributed by atoms with Crippen molar-refractivity contribution in [3.8, 4) is 0 Å². The molecule has 0 unspecified atom stereocenters. The Balaban J connectivity index is 1.74. The van der Waals surface area contributed by atoms with Crippen LogP contribution in [0.4, 0.5) is 0 Å². The van der Waals surface area contributed by atoms with E-state index in [2.05, 4.69) is 4.90 Å². The van der Waals surface area contributed by atoms with E-state index in [0.29, 0.717) is 22.2 Å². The van der Waals surface area contributed by atoms with Crippen molar-refractivity contribution in [1.82, 2.24) is 4.90 Å². The summed E-state index contributed by atoms with van der Waals surface area (Å²) in [4.78, 5) is 15.0. The van der Waals surface area contributed by atoms with Crippen molar-refractivity contribution < 1.29 is 9.90 Å². The van der Waals surface area contributed by atoms with Gasteiger partial charge in [0.15, 0.2) is 5.78 Å². The number of aliphatic hydroxyl groups is 1. The van der Waals surface area contributed by atoms with Gasteiger partial charge in [-0.15, -0.1) is 0 Å². The van der Waals surface area contributed by atoms with Crippen LogP contribution in [0.2, 0.25) is 10.0 Å². The van der Waals surface area contributed by atoms with E-state index in [9.17, 15) is 9.90 Å². The number of hydrogen-bond donors (Lipinski definition) is 1. The number of piperidine rings is 1. The number of hydrogen-bond acceptors (Lipinski definition) is 3. The van der Waals surface area contributed by atoms with Crippen molar-refractivity contribution in [2.24, 2.45) is 0 Å². The third kappa shape index (κ3) is 4.95. The maximum atomic E-state index is 12.7. The van der Waals surface area contributed by atoms with Crippen LogP contribution in [0.15, 0.2) is 48.5 Å². The highest BCUT2D eigenvalue weighted by molar-refractivity contribution is 6.35. The summed E-state index contributed by atoms with van der Waals surface area (Å²) in [5.74, 6) is -0.0522. The van der Waals surface area contributed by atoms with Gasteiger partial charge in [-0.25, -0.2) is 0 Å². The molecule has 1 fully saturated rings. The molecule has 0 saturated carbocycles. The van der Waals surface area contributed by atoms with Crippen LogP contribution in [0, 0.1) is 0 Å². The van der Waals surface area contributed by atoms with Gasteiger partial charge in [0.05, 0.1) is 6.10 Å². The largest absolute Gasteiger partial charge is 0.393 e. The molecule has 26 heavy (non-hydrogen) atoms. The molecule has 0 atom stereocenters. The van der Waals surface area contributed by atoms with Gasteiger partial charge in [0.25, 0.3) is 0 Å². The van der Waals surface area contributed by atoms with Gasteiger partial charge in [-0.3, -0.25) is 9.69 Å². The minimum Gasteiger partial charge on any atom is -0.393 e. The Bertz CT molecular complexity index is 811. The number of ketones is 1. The van der Waals surface area contributed by atoms with E-state index in [4.69, 9.17) is 23.2 Å². The lowest BCUT2D eigenvalue weighted by Crippen LogP contribution is -2.35. The number of aliphatic hydroxyl groups excluding tert-OH is 1. The van der Waals surface area contributed by atoms with Gasteiger partial charge in [0.2, 0.25) is 0 Å². The molecule has 0 amide bonds. The predicted octanol–water partition coefficient (Wildman–Crippen LogP) is 4.85. The van der Waals surface area contributed by atoms with Gasteiger partial charge in [-0.05, 0) is 48.3 Å². The summed E-state index contributed by atoms with van der Waals surface area (Å²) >= 11 is 12.1. The molecule has 3 nitrogen and oxygen atoms in total. The average Bonchev–Trinajstić information content (AvgIpc) is 2.63. The second kappa shape index (κ2) is 8.83. The third-order valence-corrected chi connectivity index (χ3v) is 5.17. The molecular formula is C21H21Cl2NO2. The molecular weight excluding hydrogens is 369 g/mol. The first-order valence-electron chi connectivity index (χ1n) is 8.69. The Morgan fingerprint density at radius 1 is 1.15 bits per heavy atom. The fourth-order valence-electron chi connectivity index (χ4n) is 3.11. The zero-order chi connectivity index (χ0) is 18.5. The predicted molar refractivity (Wildman–Crippen MR) is 107 cm³/mol. The average molecular weight is 390 g/mol. The molecule has 0 radical (unpaired) electrons. The minimum absolute atomic E-state index is 0.0522. The number of allylic oxidation sites excluding steroid dienone is 1. The molecule has 136 valence electrons. The number of likely N-dealkylation sites (tertiary alicyclic amines) is 1. The van der Waals surface area contributed by atoms with Crippen LogP contribution in [0.1, 0.15) is 34.3 Å². The van der Waals surface area contributed by atoms with Crippen LogP contribution in [-0.2, 0) is 6.54 Å². The molecule has 1 N–H and O–H groups in total. The van der Waals surface area contributed by atoms with Crippen molar-refractivity contribution >= 4 is 35.1 Å². The first-order chi connectivity index (χ1) is 12.5. The molecule has 3 rings (SSSR count). The fraction of sp³-hybridized carbons (Fsp3) is 0.286. The van der Waals surface area contributed by atoms with E-state index in [1.807, 2.05) is 24.3 Å². The highest BCUT2D eigenvalue weighted by Gasteiger charge is 2.18. The number of carbonyl (C=O) groups excluding carboxylic acids is 1. The third-order valence-electron chi connectivity index (χ3n) is 4.61. The Labute approximate surface area is 163 Å². The van der Waals surface area contributed by atoms with Gasteiger partial charge in [0, 0.05) is 35.2 Å². The standard InChI is InChI=1S/C21H21Cl2NO2/c22-17-7-5-15(20(23)13-17)6-8-21(26)19-4-2-1-3-16(19)14-24-11-9-18(25)10-12-24/h1-8,13,18,25H,9-12,14H2. The summed E-state index contributed by atoms with van der Waals surface area (Å²) in [5, 5.41) is 10.7. The van der Waals surface area contributed by atoms with E-state index in [0.717, 1.165) is 37.1 Å². The molecule has 0 aromatic heterocycles. The maximum absolute atomic E-state index is 12.7. The molecule has 2 aromatic carbocycles. The SMILES string of the molecule is O=C(C=Cc1ccc(Cl)cc1Cl)c1ccccc1CN1CCC(O)CC1. The molecule has 1 aliphatic heterocycles. The summed E-state index contributed by atoms with van der Waals surface area (Å²) in [5.41, 5.74) is 2.45. The van der Waals surface area contributed by atoms with Gasteiger partial charge in [-0.2, -0.15) is 0 Å². The lowest BCUT2D eigenvalue weighted by atomic mass is 10.0. The van der Waals surface area contributed by atoms with E-state index in [1.54, 1.807) is 30.4 Å². The van der Waals surface area contributed by atoms with E-state index in [1.165, 1.54) is 0 Å². The Morgan fingerprint density at radius 2 is 1.88 bits per heavy atom. The zero-order valence-corrected chi connectivity index (χ0v) is 15.9. The quantitative estimate of drug-likeness (QED) is 0.586. The summed E-state index contributed by atoms with van der Waals surface area (Å²) in [6.07, 6.45) is 4.63. The van der Waals surface area contributed by atoms with Crippen molar-refractivity contribution in [1.29, 1.82) is 0 Å². The minimum atomic E-state index is -0.199. The maximum Gasteiger partial charge on any atom is 0.186 e. The lowest BCUT2D eigenvalue weighted by molar-refractivity contribution is 0.0789. The van der Waals surface area contributed by atoms with Gasteiger partial charge in [-0.1, -0.05) is 53.5 Å². The molecule has 1 saturated heterocycles. The summed E-state index contributed by atoms with van der Waals surface area (Å²) in [6.45, 7) is 2.41. The Morgan fingerprint density at radius 3 is 2.62 bits per heavy atom. The molecule has 2 aromatic rings. The van der Waals surface area contributed by atoms with Crippen molar-refractivity contribution in [2.75, 3.05) is 13.1 Å². The Kier molecular flexibility index (Phi) is 6.49. The normalized spacial score (nSPS) is 16.3. The molecule has 0 bridgehead atoms. The van der Waals surface area contributed by atoms with E-state index < -0.39 is 0 Å². The molecule has 1 heterocycles. The second-order valence-corrected chi connectivity index (χ2v) is 7.37. The number of rotatable bonds is 5. The number of benzene rings is 2. The highest BCUT2D eigenvalue weighted by Crippen LogP contribution is 2.23. The van der Waals surface area contributed by atoms with Crippen LogP contribution >= 0.6 is 23.2 Å². The van der Waals surface area contributed by atoms with E-state index in [-0.39, 0.29) is 11.9 Å². The molecule has 0 aliphatic carbocycles. The van der Waals surface area contributed by atoms with Gasteiger partial charge >= 0.3 is 0 Å². The van der Waals surface area contributed by atoms with Crippen LogP contribution in [0.25, 0.3) is 6.08 Å². The molecule has 1 aliphatic rings. The summed E-state index contributed by atoms with van der Waals surface area (Å²) in [7, 11) is 0. The Hall–Kier alpha value is -1.65. The smallest absolute Gasteiger partial charge is 0.186 e. The first-order valence-corrected chi connectivity index (χ1v) is 9.44. The monoisotopic (exact) mass is 389 g/mol. The fourth-order valence-corrected chi connectivity index (χ4v) is 3.58.